The quantitative estimate of drug-likeness (QED) is 0.373. The van der Waals surface area contributed by atoms with Crippen LogP contribution in [0.4, 0.5) is 0 Å². The molecule has 0 amide bonds. The van der Waals surface area contributed by atoms with Gasteiger partial charge in [-0.1, -0.05) is 0 Å². The molecular formula is C10H18O8. The van der Waals surface area contributed by atoms with Crippen molar-refractivity contribution in [3.63, 3.8) is 0 Å². The van der Waals surface area contributed by atoms with Gasteiger partial charge in [-0.05, 0) is 6.92 Å². The van der Waals surface area contributed by atoms with E-state index >= 15 is 0 Å². The molecule has 8 nitrogen and oxygen atoms in total. The molecule has 106 valence electrons. The standard InChI is InChI=1S/C10H18O8/c1-4(2-6(12)13)17-10-9(16)8(15)7(14)5(3-11)18-10/h4-5,7-11,14-16H,2-3H2,1H3,(H,12,13)/t4-,5?,7-,8?,9+,10-/m1/s1. The van der Waals surface area contributed by atoms with E-state index in [0.717, 1.165) is 0 Å². The Kier molecular flexibility index (Phi) is 5.45. The number of hydrogen-bond donors (Lipinski definition) is 5. The molecule has 0 radical (unpaired) electrons. The van der Waals surface area contributed by atoms with E-state index in [1.54, 1.807) is 0 Å². The Bertz CT molecular complexity index is 281. The molecule has 8 heteroatoms. The van der Waals surface area contributed by atoms with Crippen molar-refractivity contribution >= 4 is 5.97 Å². The summed E-state index contributed by atoms with van der Waals surface area (Å²) in [6.45, 7) is 0.910. The van der Waals surface area contributed by atoms with Crippen LogP contribution in [0.25, 0.3) is 0 Å². The summed E-state index contributed by atoms with van der Waals surface area (Å²) in [6.07, 6.45) is -7.91. The zero-order chi connectivity index (χ0) is 13.9. The highest BCUT2D eigenvalue weighted by Crippen LogP contribution is 2.23. The summed E-state index contributed by atoms with van der Waals surface area (Å²) >= 11 is 0. The van der Waals surface area contributed by atoms with E-state index in [2.05, 4.69) is 0 Å². The molecule has 1 heterocycles. The van der Waals surface area contributed by atoms with Gasteiger partial charge in [-0.25, -0.2) is 0 Å². The van der Waals surface area contributed by atoms with Gasteiger partial charge in [0, 0.05) is 0 Å². The molecule has 0 aromatic rings. The van der Waals surface area contributed by atoms with E-state index in [1.807, 2.05) is 0 Å². The van der Waals surface area contributed by atoms with Gasteiger partial charge in [0.1, 0.15) is 24.4 Å². The Morgan fingerprint density at radius 2 is 1.89 bits per heavy atom. The van der Waals surface area contributed by atoms with Crippen molar-refractivity contribution in [1.82, 2.24) is 0 Å². The molecule has 1 rings (SSSR count). The second-order valence-electron chi connectivity index (χ2n) is 4.24. The molecule has 0 aliphatic carbocycles. The molecule has 0 aromatic carbocycles. The molecule has 1 saturated heterocycles. The van der Waals surface area contributed by atoms with Crippen molar-refractivity contribution in [2.75, 3.05) is 6.61 Å². The summed E-state index contributed by atoms with van der Waals surface area (Å²) in [5, 5.41) is 46.1. The predicted octanol–water partition coefficient (Wildman–Crippen LogP) is -2.33. The van der Waals surface area contributed by atoms with E-state index in [-0.39, 0.29) is 6.42 Å². The molecule has 0 bridgehead atoms. The Hall–Kier alpha value is -0.770. The number of carboxylic acids is 1. The zero-order valence-electron chi connectivity index (χ0n) is 9.84. The smallest absolute Gasteiger partial charge is 0.305 e. The lowest BCUT2D eigenvalue weighted by atomic mass is 9.99. The monoisotopic (exact) mass is 266 g/mol. The van der Waals surface area contributed by atoms with Crippen LogP contribution in [-0.4, -0.2) is 74.9 Å². The maximum atomic E-state index is 10.5. The lowest BCUT2D eigenvalue weighted by Crippen LogP contribution is -2.59. The fourth-order valence-corrected chi connectivity index (χ4v) is 1.70. The zero-order valence-corrected chi connectivity index (χ0v) is 9.84. The van der Waals surface area contributed by atoms with Gasteiger partial charge >= 0.3 is 5.97 Å². The van der Waals surface area contributed by atoms with Gasteiger partial charge in [-0.15, -0.1) is 0 Å². The highest BCUT2D eigenvalue weighted by molar-refractivity contribution is 5.67. The van der Waals surface area contributed by atoms with Crippen molar-refractivity contribution in [3.05, 3.63) is 0 Å². The number of aliphatic carboxylic acids is 1. The van der Waals surface area contributed by atoms with Gasteiger partial charge in [0.15, 0.2) is 6.29 Å². The number of carbonyl (C=O) groups is 1. The van der Waals surface area contributed by atoms with Crippen LogP contribution in [-0.2, 0) is 14.3 Å². The largest absolute Gasteiger partial charge is 0.481 e. The molecule has 18 heavy (non-hydrogen) atoms. The van der Waals surface area contributed by atoms with Gasteiger partial charge in [-0.2, -0.15) is 0 Å². The summed E-state index contributed by atoms with van der Waals surface area (Å²) < 4.78 is 10.2. The Morgan fingerprint density at radius 1 is 1.28 bits per heavy atom. The van der Waals surface area contributed by atoms with Crippen LogP contribution in [0.5, 0.6) is 0 Å². The number of rotatable bonds is 5. The average Bonchev–Trinajstić information content (AvgIpc) is 2.29. The fourth-order valence-electron chi connectivity index (χ4n) is 1.70. The van der Waals surface area contributed by atoms with Gasteiger partial charge < -0.3 is 35.0 Å². The van der Waals surface area contributed by atoms with Crippen LogP contribution in [0.2, 0.25) is 0 Å². The first-order valence-corrected chi connectivity index (χ1v) is 5.54. The lowest BCUT2D eigenvalue weighted by molar-refractivity contribution is -0.310. The van der Waals surface area contributed by atoms with Crippen molar-refractivity contribution in [3.8, 4) is 0 Å². The number of hydrogen-bond acceptors (Lipinski definition) is 7. The average molecular weight is 266 g/mol. The van der Waals surface area contributed by atoms with Crippen LogP contribution in [0.1, 0.15) is 13.3 Å². The minimum Gasteiger partial charge on any atom is -0.481 e. The Balaban J connectivity index is 2.61. The summed E-state index contributed by atoms with van der Waals surface area (Å²) in [4.78, 5) is 10.5. The van der Waals surface area contributed by atoms with Crippen LogP contribution >= 0.6 is 0 Å². The first-order valence-electron chi connectivity index (χ1n) is 5.54. The summed E-state index contributed by atoms with van der Waals surface area (Å²) in [5.41, 5.74) is 0. The maximum Gasteiger partial charge on any atom is 0.305 e. The molecule has 1 aliphatic rings. The number of ether oxygens (including phenoxy) is 2. The number of aliphatic hydroxyl groups is 4. The van der Waals surface area contributed by atoms with Gasteiger partial charge in [0.25, 0.3) is 0 Å². The van der Waals surface area contributed by atoms with Gasteiger partial charge in [0.2, 0.25) is 0 Å². The van der Waals surface area contributed by atoms with Crippen molar-refractivity contribution in [2.24, 2.45) is 0 Å². The number of aliphatic hydroxyl groups excluding tert-OH is 4. The first-order chi connectivity index (χ1) is 8.36. The van der Waals surface area contributed by atoms with E-state index in [4.69, 9.17) is 19.7 Å². The minimum atomic E-state index is -1.53. The van der Waals surface area contributed by atoms with Gasteiger partial charge in [-0.3, -0.25) is 4.79 Å². The van der Waals surface area contributed by atoms with Crippen LogP contribution in [0, 0.1) is 0 Å². The molecule has 0 saturated carbocycles. The fraction of sp³-hybridized carbons (Fsp3) is 0.900. The highest BCUT2D eigenvalue weighted by Gasteiger charge is 2.44. The molecule has 1 aliphatic heterocycles. The van der Waals surface area contributed by atoms with Crippen LogP contribution < -0.4 is 0 Å². The molecule has 6 atom stereocenters. The topological polar surface area (TPSA) is 137 Å². The third-order valence-electron chi connectivity index (χ3n) is 2.68. The van der Waals surface area contributed by atoms with E-state index < -0.39 is 49.4 Å². The predicted molar refractivity (Wildman–Crippen MR) is 56.6 cm³/mol. The Morgan fingerprint density at radius 3 is 2.39 bits per heavy atom. The molecular weight excluding hydrogens is 248 g/mol. The minimum absolute atomic E-state index is 0.297. The normalized spacial score (nSPS) is 38.4. The maximum absolute atomic E-state index is 10.5. The van der Waals surface area contributed by atoms with E-state index in [1.165, 1.54) is 6.92 Å². The molecule has 1 fully saturated rings. The SMILES string of the molecule is C[C@H](CC(=O)O)O[C@@H]1OC(CO)[C@@H](O)C(O)[C@@H]1O. The van der Waals surface area contributed by atoms with Crippen molar-refractivity contribution in [2.45, 2.75) is 50.2 Å². The lowest BCUT2D eigenvalue weighted by Gasteiger charge is -2.40. The van der Waals surface area contributed by atoms with E-state index in [0.29, 0.717) is 0 Å². The van der Waals surface area contributed by atoms with E-state index in [9.17, 15) is 20.1 Å². The summed E-state index contributed by atoms with van der Waals surface area (Å²) in [7, 11) is 0. The molecule has 5 N–H and O–H groups in total. The second-order valence-corrected chi connectivity index (χ2v) is 4.24. The summed E-state index contributed by atoms with van der Waals surface area (Å²) in [6, 6.07) is 0. The molecule has 0 spiro atoms. The second kappa shape index (κ2) is 6.41. The summed E-state index contributed by atoms with van der Waals surface area (Å²) in [5.74, 6) is -1.08. The van der Waals surface area contributed by atoms with Crippen molar-refractivity contribution in [1.29, 1.82) is 0 Å². The third-order valence-corrected chi connectivity index (χ3v) is 2.68. The van der Waals surface area contributed by atoms with Crippen LogP contribution in [0.15, 0.2) is 0 Å². The van der Waals surface area contributed by atoms with Gasteiger partial charge in [0.05, 0.1) is 19.1 Å². The Labute approximate surface area is 103 Å². The molecule has 2 unspecified atom stereocenters. The number of carboxylic acid groups (broad SMARTS) is 1. The highest BCUT2D eigenvalue weighted by atomic mass is 16.7. The third kappa shape index (κ3) is 3.61. The molecule has 0 aromatic heterocycles. The van der Waals surface area contributed by atoms with Crippen LogP contribution in [0.3, 0.4) is 0 Å². The first kappa shape index (κ1) is 15.3. The van der Waals surface area contributed by atoms with Crippen molar-refractivity contribution < 1.29 is 39.8 Å².